The number of nitrogens with zero attached hydrogens (tertiary/aromatic N) is 1. The summed E-state index contributed by atoms with van der Waals surface area (Å²) < 4.78 is 0.989. The van der Waals surface area contributed by atoms with Crippen LogP contribution in [0.2, 0.25) is 0 Å². The standard InChI is InChI=1S/C30H34N2OS/c1-21(2)14-17-32(18-15-22(3)4)19-16-26-27(20-32)34-30(31)28(26)29(33)25-12-10-24(11-13-25)23-8-6-5-7-9-23/h5-15H,16-20H2,1-4H3,(H-,31,33)/p+1. The van der Waals surface area contributed by atoms with Crippen molar-refractivity contribution in [3.63, 3.8) is 0 Å². The molecule has 2 aromatic carbocycles. The van der Waals surface area contributed by atoms with E-state index in [2.05, 4.69) is 52.0 Å². The number of hydrogen-bond donors (Lipinski definition) is 1. The van der Waals surface area contributed by atoms with Crippen LogP contribution in [0.15, 0.2) is 77.9 Å². The van der Waals surface area contributed by atoms with E-state index in [9.17, 15) is 4.79 Å². The van der Waals surface area contributed by atoms with Gasteiger partial charge in [-0.15, -0.1) is 11.3 Å². The normalized spacial score (nSPS) is 14.2. The summed E-state index contributed by atoms with van der Waals surface area (Å²) >= 11 is 1.61. The number of thiophene rings is 1. The smallest absolute Gasteiger partial charge is 0.196 e. The van der Waals surface area contributed by atoms with Crippen molar-refractivity contribution >= 4 is 22.1 Å². The van der Waals surface area contributed by atoms with E-state index in [4.69, 9.17) is 5.73 Å². The Morgan fingerprint density at radius 1 is 0.912 bits per heavy atom. The Morgan fingerprint density at radius 2 is 1.50 bits per heavy atom. The lowest BCUT2D eigenvalue weighted by Gasteiger charge is -2.40. The molecule has 1 aromatic heterocycles. The first-order chi connectivity index (χ1) is 16.3. The average Bonchev–Trinajstić information content (AvgIpc) is 3.16. The quantitative estimate of drug-likeness (QED) is 0.228. The zero-order valence-electron chi connectivity index (χ0n) is 20.7. The molecule has 0 saturated heterocycles. The molecule has 0 aliphatic carbocycles. The second-order valence-electron chi connectivity index (χ2n) is 9.92. The largest absolute Gasteiger partial charge is 0.390 e. The summed E-state index contributed by atoms with van der Waals surface area (Å²) in [6, 6.07) is 18.1. The van der Waals surface area contributed by atoms with Crippen LogP contribution in [0.3, 0.4) is 0 Å². The minimum absolute atomic E-state index is 0.0446. The average molecular weight is 472 g/mol. The molecule has 2 heterocycles. The molecule has 4 rings (SSSR count). The van der Waals surface area contributed by atoms with Crippen molar-refractivity contribution in [2.75, 3.05) is 25.4 Å². The summed E-state index contributed by atoms with van der Waals surface area (Å²) in [5.41, 5.74) is 14.0. The highest BCUT2D eigenvalue weighted by Gasteiger charge is 2.36. The van der Waals surface area contributed by atoms with Crippen LogP contribution in [0.25, 0.3) is 11.1 Å². The van der Waals surface area contributed by atoms with E-state index in [1.165, 1.54) is 21.6 Å². The van der Waals surface area contributed by atoms with Gasteiger partial charge in [0.2, 0.25) is 0 Å². The highest BCUT2D eigenvalue weighted by molar-refractivity contribution is 7.16. The SMILES string of the molecule is CC(C)=CC[N+]1(CC=C(C)C)CCc2c(sc(N)c2C(=O)c2ccc(-c3ccccc3)cc2)C1. The van der Waals surface area contributed by atoms with E-state index in [1.54, 1.807) is 11.3 Å². The lowest BCUT2D eigenvalue weighted by atomic mass is 9.94. The topological polar surface area (TPSA) is 43.1 Å². The summed E-state index contributed by atoms with van der Waals surface area (Å²) in [5.74, 6) is 0.0446. The van der Waals surface area contributed by atoms with E-state index in [-0.39, 0.29) is 5.78 Å². The van der Waals surface area contributed by atoms with Gasteiger partial charge in [0.1, 0.15) is 6.54 Å². The van der Waals surface area contributed by atoms with Crippen LogP contribution >= 0.6 is 11.3 Å². The molecule has 1 aliphatic rings. The lowest BCUT2D eigenvalue weighted by molar-refractivity contribution is -0.931. The van der Waals surface area contributed by atoms with Crippen LogP contribution in [0.1, 0.15) is 54.1 Å². The summed E-state index contributed by atoms with van der Waals surface area (Å²) in [6.45, 7) is 12.6. The molecule has 0 amide bonds. The van der Waals surface area contributed by atoms with Crippen molar-refractivity contribution in [1.29, 1.82) is 0 Å². The van der Waals surface area contributed by atoms with Gasteiger partial charge in [0.25, 0.3) is 0 Å². The van der Waals surface area contributed by atoms with Gasteiger partial charge in [0.15, 0.2) is 5.78 Å². The summed E-state index contributed by atoms with van der Waals surface area (Å²) in [7, 11) is 0. The zero-order chi connectivity index (χ0) is 24.3. The van der Waals surface area contributed by atoms with E-state index >= 15 is 0 Å². The van der Waals surface area contributed by atoms with Gasteiger partial charge in [-0.05, 0) is 56.5 Å². The molecule has 3 aromatic rings. The molecule has 4 heteroatoms. The second kappa shape index (κ2) is 10.1. The van der Waals surface area contributed by atoms with Crippen LogP contribution in [0.5, 0.6) is 0 Å². The van der Waals surface area contributed by atoms with Gasteiger partial charge < -0.3 is 10.2 Å². The van der Waals surface area contributed by atoms with E-state index in [0.29, 0.717) is 10.6 Å². The molecule has 176 valence electrons. The predicted octanol–water partition coefficient (Wildman–Crippen LogP) is 7.03. The molecule has 34 heavy (non-hydrogen) atoms. The first kappa shape index (κ1) is 24.2. The van der Waals surface area contributed by atoms with E-state index < -0.39 is 0 Å². The van der Waals surface area contributed by atoms with Crippen molar-refractivity contribution < 1.29 is 9.28 Å². The fourth-order valence-corrected chi connectivity index (χ4v) is 5.88. The first-order valence-corrected chi connectivity index (χ1v) is 12.8. The van der Waals surface area contributed by atoms with Crippen molar-refractivity contribution in [3.05, 3.63) is 99.5 Å². The number of ketones is 1. The number of allylic oxidation sites excluding steroid dienone is 2. The van der Waals surface area contributed by atoms with Crippen LogP contribution in [-0.2, 0) is 13.0 Å². The van der Waals surface area contributed by atoms with Crippen molar-refractivity contribution in [2.45, 2.75) is 40.7 Å². The molecule has 0 bridgehead atoms. The molecule has 0 saturated carbocycles. The Bertz CT molecular complexity index is 1200. The number of carbonyl (C=O) groups excluding carboxylic acids is 1. The van der Waals surface area contributed by atoms with Crippen molar-refractivity contribution in [3.8, 4) is 11.1 Å². The molecule has 2 N–H and O–H groups in total. The molecule has 0 radical (unpaired) electrons. The van der Waals surface area contributed by atoms with Gasteiger partial charge in [-0.1, -0.05) is 65.7 Å². The number of rotatable bonds is 7. The fourth-order valence-electron chi connectivity index (χ4n) is 4.63. The second-order valence-corrected chi connectivity index (χ2v) is 11.1. The molecule has 3 nitrogen and oxygen atoms in total. The van der Waals surface area contributed by atoms with Crippen LogP contribution < -0.4 is 5.73 Å². The molecular weight excluding hydrogens is 436 g/mol. The van der Waals surface area contributed by atoms with Crippen molar-refractivity contribution in [1.82, 2.24) is 0 Å². The van der Waals surface area contributed by atoms with E-state index in [0.717, 1.165) is 53.8 Å². The molecular formula is C30H35N2OS+. The Hall–Kier alpha value is -2.95. The Balaban J connectivity index is 1.62. The third-order valence-electron chi connectivity index (χ3n) is 6.69. The molecule has 0 atom stereocenters. The Kier molecular flexibility index (Phi) is 7.20. The van der Waals surface area contributed by atoms with Gasteiger partial charge in [-0.3, -0.25) is 4.79 Å². The third-order valence-corrected chi connectivity index (χ3v) is 7.73. The maximum atomic E-state index is 13.5. The summed E-state index contributed by atoms with van der Waals surface area (Å²) in [6.07, 6.45) is 5.59. The third kappa shape index (κ3) is 5.24. The van der Waals surface area contributed by atoms with Gasteiger partial charge in [0, 0.05) is 12.0 Å². The number of benzene rings is 2. The molecule has 0 spiro atoms. The van der Waals surface area contributed by atoms with Gasteiger partial charge >= 0.3 is 0 Å². The predicted molar refractivity (Wildman–Crippen MR) is 145 cm³/mol. The number of carbonyl (C=O) groups is 1. The Morgan fingerprint density at radius 3 is 2.09 bits per heavy atom. The number of nitrogens with two attached hydrogens (primary N) is 1. The monoisotopic (exact) mass is 471 g/mol. The number of anilines is 1. The number of quaternary nitrogens is 1. The van der Waals surface area contributed by atoms with Gasteiger partial charge in [0.05, 0.1) is 35.1 Å². The molecule has 0 fully saturated rings. The minimum Gasteiger partial charge on any atom is -0.390 e. The summed E-state index contributed by atoms with van der Waals surface area (Å²) in [4.78, 5) is 14.8. The van der Waals surface area contributed by atoms with Crippen molar-refractivity contribution in [2.24, 2.45) is 0 Å². The number of hydrogen-bond acceptors (Lipinski definition) is 3. The Labute approximate surface area is 207 Å². The lowest BCUT2D eigenvalue weighted by Crippen LogP contribution is -2.51. The van der Waals surface area contributed by atoms with Crippen LogP contribution in [0, 0.1) is 0 Å². The number of nitrogen functional groups attached to an aromatic ring is 1. The molecule has 1 aliphatic heterocycles. The highest BCUT2D eigenvalue weighted by atomic mass is 32.1. The van der Waals surface area contributed by atoms with Crippen LogP contribution in [0.4, 0.5) is 5.00 Å². The van der Waals surface area contributed by atoms with Gasteiger partial charge in [-0.25, -0.2) is 0 Å². The minimum atomic E-state index is 0.0446. The highest BCUT2D eigenvalue weighted by Crippen LogP contribution is 2.39. The van der Waals surface area contributed by atoms with Gasteiger partial charge in [-0.2, -0.15) is 0 Å². The zero-order valence-corrected chi connectivity index (χ0v) is 21.5. The molecule has 0 unspecified atom stereocenters. The maximum absolute atomic E-state index is 13.5. The maximum Gasteiger partial charge on any atom is 0.196 e. The van der Waals surface area contributed by atoms with E-state index in [1.807, 2.05) is 42.5 Å². The first-order valence-electron chi connectivity index (χ1n) is 12.0. The number of fused-ring (bicyclic) bond motifs is 1. The fraction of sp³-hybridized carbons (Fsp3) is 0.300. The summed E-state index contributed by atoms with van der Waals surface area (Å²) in [5, 5.41) is 0.659. The van der Waals surface area contributed by atoms with Crippen LogP contribution in [-0.4, -0.2) is 29.9 Å².